The van der Waals surface area contributed by atoms with E-state index < -0.39 is 0 Å². The van der Waals surface area contributed by atoms with Crippen LogP contribution >= 0.6 is 0 Å². The van der Waals surface area contributed by atoms with E-state index in [0.29, 0.717) is 6.54 Å². The molecule has 2 rings (SSSR count). The van der Waals surface area contributed by atoms with Gasteiger partial charge in [0.25, 0.3) is 0 Å². The van der Waals surface area contributed by atoms with Crippen molar-refractivity contribution in [2.45, 2.75) is 39.3 Å². The van der Waals surface area contributed by atoms with Gasteiger partial charge in [0.15, 0.2) is 0 Å². The van der Waals surface area contributed by atoms with Gasteiger partial charge in [0.1, 0.15) is 0 Å². The number of H-pyrrole nitrogens is 1. The van der Waals surface area contributed by atoms with Crippen molar-refractivity contribution in [1.29, 1.82) is 0 Å². The average Bonchev–Trinajstić information content (AvgIpc) is 2.80. The van der Waals surface area contributed by atoms with E-state index in [1.807, 2.05) is 13.2 Å². The van der Waals surface area contributed by atoms with Crippen molar-refractivity contribution < 1.29 is 4.79 Å². The summed E-state index contributed by atoms with van der Waals surface area (Å²) in [6.07, 6.45) is 5.81. The molecule has 100 valence electrons. The minimum absolute atomic E-state index is 0.0278. The molecule has 0 aliphatic carbocycles. The van der Waals surface area contributed by atoms with Crippen molar-refractivity contribution in [3.63, 3.8) is 0 Å². The van der Waals surface area contributed by atoms with Crippen molar-refractivity contribution in [2.24, 2.45) is 5.41 Å². The topological polar surface area (TPSA) is 61.0 Å². The SMILES string of the molecule is CN(Cc1cn[nH]c1)C(=O)C1NCCCC1(C)C. The molecule has 2 heterocycles. The number of rotatable bonds is 3. The van der Waals surface area contributed by atoms with Crippen LogP contribution in [0.5, 0.6) is 0 Å². The lowest BCUT2D eigenvalue weighted by Crippen LogP contribution is -2.55. The number of carbonyl (C=O) groups excluding carboxylic acids is 1. The second-order valence-corrected chi connectivity index (χ2v) is 5.78. The van der Waals surface area contributed by atoms with Crippen LogP contribution in [0.1, 0.15) is 32.3 Å². The Morgan fingerprint density at radius 1 is 1.61 bits per heavy atom. The Morgan fingerprint density at radius 3 is 3.00 bits per heavy atom. The Balaban J connectivity index is 2.01. The Hall–Kier alpha value is -1.36. The van der Waals surface area contributed by atoms with Crippen molar-refractivity contribution in [1.82, 2.24) is 20.4 Å². The van der Waals surface area contributed by atoms with Crippen LogP contribution in [0, 0.1) is 5.41 Å². The summed E-state index contributed by atoms with van der Waals surface area (Å²) in [7, 11) is 1.85. The van der Waals surface area contributed by atoms with Crippen LogP contribution in [0.25, 0.3) is 0 Å². The first-order valence-electron chi connectivity index (χ1n) is 6.47. The predicted octanol–water partition coefficient (Wildman–Crippen LogP) is 1.15. The Kier molecular flexibility index (Phi) is 3.71. The molecule has 0 spiro atoms. The molecule has 0 bridgehead atoms. The van der Waals surface area contributed by atoms with Gasteiger partial charge in [0.05, 0.1) is 12.2 Å². The molecular weight excluding hydrogens is 228 g/mol. The third-order valence-electron chi connectivity index (χ3n) is 3.73. The van der Waals surface area contributed by atoms with E-state index in [1.54, 1.807) is 11.1 Å². The first-order chi connectivity index (χ1) is 8.50. The van der Waals surface area contributed by atoms with E-state index >= 15 is 0 Å². The fraction of sp³-hybridized carbons (Fsp3) is 0.692. The fourth-order valence-corrected chi connectivity index (χ4v) is 2.57. The number of carbonyl (C=O) groups is 1. The van der Waals surface area contributed by atoms with Gasteiger partial charge in [-0.1, -0.05) is 13.8 Å². The zero-order valence-electron chi connectivity index (χ0n) is 11.4. The van der Waals surface area contributed by atoms with Gasteiger partial charge < -0.3 is 10.2 Å². The van der Waals surface area contributed by atoms with Crippen LogP contribution < -0.4 is 5.32 Å². The molecular formula is C13H22N4O. The van der Waals surface area contributed by atoms with Gasteiger partial charge in [-0.15, -0.1) is 0 Å². The van der Waals surface area contributed by atoms with E-state index in [9.17, 15) is 4.79 Å². The summed E-state index contributed by atoms with van der Waals surface area (Å²) in [5, 5.41) is 10.0. The third kappa shape index (κ3) is 2.72. The highest BCUT2D eigenvalue weighted by atomic mass is 16.2. The predicted molar refractivity (Wildman–Crippen MR) is 69.9 cm³/mol. The minimum Gasteiger partial charge on any atom is -0.340 e. The molecule has 2 N–H and O–H groups in total. The quantitative estimate of drug-likeness (QED) is 0.846. The summed E-state index contributed by atoms with van der Waals surface area (Å²) in [6, 6.07) is -0.0804. The number of likely N-dealkylation sites (N-methyl/N-ethyl adjacent to an activating group) is 1. The maximum Gasteiger partial charge on any atom is 0.240 e. The average molecular weight is 250 g/mol. The number of nitrogens with zero attached hydrogens (tertiary/aromatic N) is 2. The Bertz CT molecular complexity index is 399. The molecule has 0 saturated carbocycles. The smallest absolute Gasteiger partial charge is 0.240 e. The van der Waals surface area contributed by atoms with Crippen LogP contribution in [0.2, 0.25) is 0 Å². The van der Waals surface area contributed by atoms with E-state index in [0.717, 1.165) is 24.9 Å². The van der Waals surface area contributed by atoms with Gasteiger partial charge in [0.2, 0.25) is 5.91 Å². The highest BCUT2D eigenvalue weighted by Crippen LogP contribution is 2.31. The number of aromatic nitrogens is 2. The van der Waals surface area contributed by atoms with Crippen molar-refractivity contribution in [3.05, 3.63) is 18.0 Å². The van der Waals surface area contributed by atoms with Crippen LogP contribution in [-0.2, 0) is 11.3 Å². The summed E-state index contributed by atoms with van der Waals surface area (Å²) in [5.41, 5.74) is 1.06. The molecule has 18 heavy (non-hydrogen) atoms. The van der Waals surface area contributed by atoms with Gasteiger partial charge in [-0.2, -0.15) is 5.10 Å². The molecule has 1 aliphatic heterocycles. The summed E-state index contributed by atoms with van der Waals surface area (Å²) < 4.78 is 0. The molecule has 1 saturated heterocycles. The van der Waals surface area contributed by atoms with E-state index in [1.165, 1.54) is 0 Å². The normalized spacial score (nSPS) is 22.7. The van der Waals surface area contributed by atoms with E-state index in [4.69, 9.17) is 0 Å². The third-order valence-corrected chi connectivity index (χ3v) is 3.73. The lowest BCUT2D eigenvalue weighted by atomic mass is 9.77. The molecule has 1 aromatic heterocycles. The van der Waals surface area contributed by atoms with Gasteiger partial charge >= 0.3 is 0 Å². The lowest BCUT2D eigenvalue weighted by molar-refractivity contribution is -0.136. The zero-order valence-corrected chi connectivity index (χ0v) is 11.4. The molecule has 0 radical (unpaired) electrons. The number of hydrogen-bond acceptors (Lipinski definition) is 3. The number of piperidine rings is 1. The van der Waals surface area contributed by atoms with Crippen molar-refractivity contribution >= 4 is 5.91 Å². The van der Waals surface area contributed by atoms with Gasteiger partial charge in [-0.05, 0) is 24.8 Å². The zero-order chi connectivity index (χ0) is 13.2. The number of aromatic amines is 1. The van der Waals surface area contributed by atoms with Gasteiger partial charge in [0, 0.05) is 25.4 Å². The molecule has 1 aliphatic rings. The number of hydrogen-bond donors (Lipinski definition) is 2. The number of amides is 1. The van der Waals surface area contributed by atoms with Crippen LogP contribution in [0.3, 0.4) is 0 Å². The molecule has 1 unspecified atom stereocenters. The first kappa shape index (κ1) is 13.1. The summed E-state index contributed by atoms with van der Waals surface area (Å²) in [5.74, 6) is 0.168. The van der Waals surface area contributed by atoms with Crippen LogP contribution in [0.15, 0.2) is 12.4 Å². The molecule has 1 amide bonds. The standard InChI is InChI=1S/C13H22N4O/c1-13(2)5-4-6-14-11(13)12(18)17(3)9-10-7-15-16-8-10/h7-8,11,14H,4-6,9H2,1-3H3,(H,15,16). The van der Waals surface area contributed by atoms with Crippen molar-refractivity contribution in [2.75, 3.05) is 13.6 Å². The molecule has 1 fully saturated rings. The highest BCUT2D eigenvalue weighted by molar-refractivity contribution is 5.82. The molecule has 5 nitrogen and oxygen atoms in total. The summed E-state index contributed by atoms with van der Waals surface area (Å²) in [6.45, 7) is 5.85. The van der Waals surface area contributed by atoms with E-state index in [-0.39, 0.29) is 17.4 Å². The maximum absolute atomic E-state index is 12.5. The summed E-state index contributed by atoms with van der Waals surface area (Å²) >= 11 is 0. The molecule has 0 aromatic carbocycles. The largest absolute Gasteiger partial charge is 0.340 e. The maximum atomic E-state index is 12.5. The first-order valence-corrected chi connectivity index (χ1v) is 6.47. The molecule has 5 heteroatoms. The second kappa shape index (κ2) is 5.10. The minimum atomic E-state index is -0.0804. The summed E-state index contributed by atoms with van der Waals surface area (Å²) in [4.78, 5) is 14.2. The van der Waals surface area contributed by atoms with Crippen LogP contribution in [0.4, 0.5) is 0 Å². The fourth-order valence-electron chi connectivity index (χ4n) is 2.57. The van der Waals surface area contributed by atoms with Gasteiger partial charge in [-0.25, -0.2) is 0 Å². The van der Waals surface area contributed by atoms with E-state index in [2.05, 4.69) is 29.4 Å². The molecule has 1 aromatic rings. The van der Waals surface area contributed by atoms with Gasteiger partial charge in [-0.3, -0.25) is 9.89 Å². The second-order valence-electron chi connectivity index (χ2n) is 5.78. The lowest BCUT2D eigenvalue weighted by Gasteiger charge is -2.40. The Labute approximate surface area is 108 Å². The van der Waals surface area contributed by atoms with Crippen molar-refractivity contribution in [3.8, 4) is 0 Å². The Morgan fingerprint density at radius 2 is 2.39 bits per heavy atom. The van der Waals surface area contributed by atoms with Crippen LogP contribution in [-0.4, -0.2) is 40.6 Å². The molecule has 1 atom stereocenters. The monoisotopic (exact) mass is 250 g/mol. The highest BCUT2D eigenvalue weighted by Gasteiger charge is 2.38. The number of nitrogens with one attached hydrogen (secondary N) is 2.